The van der Waals surface area contributed by atoms with Crippen molar-refractivity contribution in [1.82, 2.24) is 10.6 Å². The van der Waals surface area contributed by atoms with Crippen molar-refractivity contribution >= 4 is 29.9 Å². The molecule has 24 heavy (non-hydrogen) atoms. The SMILES string of the molecule is CN=C(NCC(C)(C)OC)NC1CC1c1ccc(C(C)C)cc1.I. The lowest BCUT2D eigenvalue weighted by molar-refractivity contribution is 0.0268. The van der Waals surface area contributed by atoms with Gasteiger partial charge in [0.05, 0.1) is 5.60 Å². The van der Waals surface area contributed by atoms with Crippen LogP contribution in [0.5, 0.6) is 0 Å². The molecule has 0 saturated heterocycles. The molecule has 136 valence electrons. The van der Waals surface area contributed by atoms with Gasteiger partial charge in [0.1, 0.15) is 0 Å². The predicted octanol–water partition coefficient (Wildman–Crippen LogP) is 3.87. The Balaban J connectivity index is 0.00000288. The second-order valence-corrected chi connectivity index (χ2v) is 7.30. The standard InChI is InChI=1S/C19H31N3O.HI/c1-13(2)14-7-9-15(10-8-14)16-11-17(16)22-18(20-5)21-12-19(3,4)23-6;/h7-10,13,16-17H,11-12H2,1-6H3,(H2,20,21,22);1H. The number of hydrogen-bond donors (Lipinski definition) is 2. The average Bonchev–Trinajstić information content (AvgIpc) is 3.30. The molecule has 0 aromatic heterocycles. The Labute approximate surface area is 163 Å². The van der Waals surface area contributed by atoms with E-state index in [4.69, 9.17) is 4.74 Å². The smallest absolute Gasteiger partial charge is 0.191 e. The molecule has 2 atom stereocenters. The summed E-state index contributed by atoms with van der Waals surface area (Å²) in [4.78, 5) is 4.31. The molecule has 1 fully saturated rings. The minimum absolute atomic E-state index is 0. The van der Waals surface area contributed by atoms with Crippen LogP contribution in [-0.4, -0.2) is 38.3 Å². The summed E-state index contributed by atoms with van der Waals surface area (Å²) in [6.45, 7) is 9.30. The number of guanidine groups is 1. The normalized spacial score (nSPS) is 20.5. The van der Waals surface area contributed by atoms with Crippen LogP contribution < -0.4 is 10.6 Å². The minimum atomic E-state index is -0.201. The van der Waals surface area contributed by atoms with Gasteiger partial charge >= 0.3 is 0 Å². The predicted molar refractivity (Wildman–Crippen MR) is 113 cm³/mol. The van der Waals surface area contributed by atoms with Gasteiger partial charge in [0.15, 0.2) is 5.96 Å². The van der Waals surface area contributed by atoms with Crippen LogP contribution in [0.4, 0.5) is 0 Å². The highest BCUT2D eigenvalue weighted by Crippen LogP contribution is 2.41. The molecule has 5 heteroatoms. The van der Waals surface area contributed by atoms with Crippen LogP contribution in [0.25, 0.3) is 0 Å². The Kier molecular flexibility index (Phi) is 7.99. The van der Waals surface area contributed by atoms with Gasteiger partial charge in [-0.25, -0.2) is 0 Å². The van der Waals surface area contributed by atoms with Crippen molar-refractivity contribution in [1.29, 1.82) is 0 Å². The van der Waals surface area contributed by atoms with E-state index in [9.17, 15) is 0 Å². The lowest BCUT2D eigenvalue weighted by Crippen LogP contribution is -2.46. The molecule has 1 aromatic rings. The molecule has 0 amide bonds. The highest BCUT2D eigenvalue weighted by molar-refractivity contribution is 14.0. The topological polar surface area (TPSA) is 45.7 Å². The summed E-state index contributed by atoms with van der Waals surface area (Å²) < 4.78 is 5.43. The molecule has 0 aliphatic heterocycles. The van der Waals surface area contributed by atoms with E-state index in [0.717, 1.165) is 18.9 Å². The molecule has 2 rings (SSSR count). The number of benzene rings is 1. The van der Waals surface area contributed by atoms with Crippen LogP contribution in [0.3, 0.4) is 0 Å². The third kappa shape index (κ3) is 5.92. The third-order valence-corrected chi connectivity index (χ3v) is 4.60. The van der Waals surface area contributed by atoms with Crippen molar-refractivity contribution in [3.63, 3.8) is 0 Å². The van der Waals surface area contributed by atoms with E-state index in [0.29, 0.717) is 17.9 Å². The van der Waals surface area contributed by atoms with Gasteiger partial charge in [0, 0.05) is 32.7 Å². The molecule has 2 N–H and O–H groups in total. The molecule has 4 nitrogen and oxygen atoms in total. The van der Waals surface area contributed by atoms with Crippen molar-refractivity contribution in [2.75, 3.05) is 20.7 Å². The molecule has 1 aliphatic rings. The number of halogens is 1. The number of nitrogens with zero attached hydrogens (tertiary/aromatic N) is 1. The Morgan fingerprint density at radius 1 is 1.29 bits per heavy atom. The molecule has 0 spiro atoms. The molecule has 0 radical (unpaired) electrons. The lowest BCUT2D eigenvalue weighted by atomic mass is 10.0. The number of methoxy groups -OCH3 is 1. The number of hydrogen-bond acceptors (Lipinski definition) is 2. The first-order valence-electron chi connectivity index (χ1n) is 8.48. The Morgan fingerprint density at radius 3 is 2.42 bits per heavy atom. The van der Waals surface area contributed by atoms with Gasteiger partial charge < -0.3 is 15.4 Å². The van der Waals surface area contributed by atoms with Crippen molar-refractivity contribution in [3.8, 4) is 0 Å². The summed E-state index contributed by atoms with van der Waals surface area (Å²) in [5, 5.41) is 6.85. The fourth-order valence-corrected chi connectivity index (χ4v) is 2.59. The molecule has 1 aliphatic carbocycles. The zero-order valence-corrected chi connectivity index (χ0v) is 18.0. The summed E-state index contributed by atoms with van der Waals surface area (Å²) in [6.07, 6.45) is 1.16. The summed E-state index contributed by atoms with van der Waals surface area (Å²) in [5.41, 5.74) is 2.62. The second-order valence-electron chi connectivity index (χ2n) is 7.30. The lowest BCUT2D eigenvalue weighted by Gasteiger charge is -2.24. The quantitative estimate of drug-likeness (QED) is 0.397. The van der Waals surface area contributed by atoms with Crippen LogP contribution in [0.15, 0.2) is 29.3 Å². The van der Waals surface area contributed by atoms with Gasteiger partial charge in [-0.2, -0.15) is 0 Å². The number of ether oxygens (including phenoxy) is 1. The van der Waals surface area contributed by atoms with E-state index in [-0.39, 0.29) is 29.6 Å². The molecule has 1 aromatic carbocycles. The van der Waals surface area contributed by atoms with E-state index in [1.54, 1.807) is 7.11 Å². The van der Waals surface area contributed by atoms with Crippen LogP contribution in [-0.2, 0) is 4.74 Å². The first-order chi connectivity index (χ1) is 10.9. The number of nitrogens with one attached hydrogen (secondary N) is 2. The molecule has 2 unspecified atom stereocenters. The van der Waals surface area contributed by atoms with Crippen LogP contribution in [0, 0.1) is 0 Å². The van der Waals surface area contributed by atoms with E-state index < -0.39 is 0 Å². The van der Waals surface area contributed by atoms with Gasteiger partial charge in [-0.05, 0) is 37.3 Å². The van der Waals surface area contributed by atoms with Crippen molar-refractivity contribution in [3.05, 3.63) is 35.4 Å². The number of aliphatic imine (C=N–C) groups is 1. The van der Waals surface area contributed by atoms with Gasteiger partial charge in [0.25, 0.3) is 0 Å². The van der Waals surface area contributed by atoms with Gasteiger partial charge in [-0.15, -0.1) is 24.0 Å². The molecular weight excluding hydrogens is 413 g/mol. The van der Waals surface area contributed by atoms with Gasteiger partial charge in [-0.3, -0.25) is 4.99 Å². The largest absolute Gasteiger partial charge is 0.377 e. The fourth-order valence-electron chi connectivity index (χ4n) is 2.59. The molecular formula is C19H32IN3O. The highest BCUT2D eigenvalue weighted by Gasteiger charge is 2.39. The van der Waals surface area contributed by atoms with Crippen LogP contribution >= 0.6 is 24.0 Å². The first-order valence-corrected chi connectivity index (χ1v) is 8.48. The highest BCUT2D eigenvalue weighted by atomic mass is 127. The maximum absolute atomic E-state index is 5.43. The first kappa shape index (κ1) is 21.2. The second kappa shape index (κ2) is 9.04. The van der Waals surface area contributed by atoms with E-state index in [2.05, 4.69) is 67.6 Å². The minimum Gasteiger partial charge on any atom is -0.377 e. The molecule has 0 heterocycles. The van der Waals surface area contributed by atoms with Crippen molar-refractivity contribution in [2.24, 2.45) is 4.99 Å². The van der Waals surface area contributed by atoms with Crippen molar-refractivity contribution < 1.29 is 4.74 Å². The van der Waals surface area contributed by atoms with Gasteiger partial charge in [-0.1, -0.05) is 38.1 Å². The van der Waals surface area contributed by atoms with E-state index >= 15 is 0 Å². The summed E-state index contributed by atoms with van der Waals surface area (Å²) >= 11 is 0. The zero-order chi connectivity index (χ0) is 17.0. The average molecular weight is 445 g/mol. The van der Waals surface area contributed by atoms with Gasteiger partial charge in [0.2, 0.25) is 0 Å². The summed E-state index contributed by atoms with van der Waals surface area (Å²) in [6, 6.07) is 9.52. The maximum atomic E-state index is 5.43. The summed E-state index contributed by atoms with van der Waals surface area (Å²) in [5.74, 6) is 2.02. The van der Waals surface area contributed by atoms with Crippen molar-refractivity contribution in [2.45, 2.75) is 57.6 Å². The van der Waals surface area contributed by atoms with Crippen LogP contribution in [0.1, 0.15) is 57.1 Å². The fraction of sp³-hybridized carbons (Fsp3) is 0.632. The third-order valence-electron chi connectivity index (χ3n) is 4.60. The molecule has 1 saturated carbocycles. The maximum Gasteiger partial charge on any atom is 0.191 e. The monoisotopic (exact) mass is 445 g/mol. The van der Waals surface area contributed by atoms with E-state index in [1.165, 1.54) is 11.1 Å². The number of rotatable bonds is 6. The molecule has 0 bridgehead atoms. The zero-order valence-electron chi connectivity index (χ0n) is 15.7. The van der Waals surface area contributed by atoms with Crippen LogP contribution in [0.2, 0.25) is 0 Å². The Morgan fingerprint density at radius 2 is 1.92 bits per heavy atom. The Bertz CT molecular complexity index is 540. The van der Waals surface area contributed by atoms with E-state index in [1.807, 2.05) is 7.05 Å². The summed E-state index contributed by atoms with van der Waals surface area (Å²) in [7, 11) is 3.54. The Hall–Kier alpha value is -0.820.